The van der Waals surface area contributed by atoms with E-state index in [2.05, 4.69) is 36.6 Å². The molecule has 4 rings (SSSR count). The molecule has 9 nitrogen and oxygen atoms in total. The van der Waals surface area contributed by atoms with Gasteiger partial charge in [-0.25, -0.2) is 24.1 Å². The van der Waals surface area contributed by atoms with Crippen LogP contribution >= 0.6 is 0 Å². The molecule has 1 aliphatic rings. The van der Waals surface area contributed by atoms with Crippen molar-refractivity contribution in [3.8, 4) is 17.2 Å². The first-order valence-corrected chi connectivity index (χ1v) is 11.6. The van der Waals surface area contributed by atoms with E-state index in [1.807, 2.05) is 13.8 Å². The third-order valence-corrected chi connectivity index (χ3v) is 5.92. The fourth-order valence-corrected chi connectivity index (χ4v) is 4.18. The van der Waals surface area contributed by atoms with Crippen molar-refractivity contribution in [2.45, 2.75) is 58.0 Å². The van der Waals surface area contributed by atoms with Gasteiger partial charge in [0, 0.05) is 54.6 Å². The lowest BCUT2D eigenvalue weighted by molar-refractivity contribution is 0.110. The molecule has 1 unspecified atom stereocenters. The third-order valence-electron chi connectivity index (χ3n) is 5.92. The molecule has 2 amide bonds. The Hall–Kier alpha value is -3.58. The van der Waals surface area contributed by atoms with Gasteiger partial charge in [-0.1, -0.05) is 6.92 Å². The molecule has 3 aromatic rings. The SMILES string of the molecule is CCNC(=O)Nc1nc2c([C@H]3CCCO3)c(F)c(-c3cnc(C(C)CCCC#N)nc3)cc2[nH]1. The average Bonchev–Trinajstić information content (AvgIpc) is 3.49. The maximum Gasteiger partial charge on any atom is 0.321 e. The van der Waals surface area contributed by atoms with E-state index in [0.717, 1.165) is 19.3 Å². The molecule has 2 atom stereocenters. The number of ether oxygens (including phenoxy) is 1. The van der Waals surface area contributed by atoms with E-state index in [-0.39, 0.29) is 11.9 Å². The molecule has 0 spiro atoms. The van der Waals surface area contributed by atoms with E-state index < -0.39 is 18.0 Å². The highest BCUT2D eigenvalue weighted by atomic mass is 19.1. The molecule has 3 heterocycles. The van der Waals surface area contributed by atoms with Crippen LogP contribution in [0.1, 0.15) is 69.4 Å². The van der Waals surface area contributed by atoms with Crippen LogP contribution < -0.4 is 10.6 Å². The number of nitrogens with one attached hydrogen (secondary N) is 3. The van der Waals surface area contributed by atoms with Gasteiger partial charge in [-0.15, -0.1) is 0 Å². The number of amides is 2. The maximum absolute atomic E-state index is 15.9. The number of urea groups is 1. The van der Waals surface area contributed by atoms with Crippen LogP contribution in [0, 0.1) is 17.1 Å². The van der Waals surface area contributed by atoms with Gasteiger partial charge < -0.3 is 15.0 Å². The van der Waals surface area contributed by atoms with Crippen molar-refractivity contribution in [3.63, 3.8) is 0 Å². The Balaban J connectivity index is 1.70. The van der Waals surface area contributed by atoms with E-state index >= 15 is 4.39 Å². The van der Waals surface area contributed by atoms with E-state index in [0.29, 0.717) is 59.5 Å². The summed E-state index contributed by atoms with van der Waals surface area (Å²) in [5.74, 6) is 0.577. The zero-order valence-corrected chi connectivity index (χ0v) is 19.3. The Bertz CT molecular complexity index is 1200. The number of anilines is 1. The van der Waals surface area contributed by atoms with Crippen molar-refractivity contribution in [2.75, 3.05) is 18.5 Å². The van der Waals surface area contributed by atoms with Gasteiger partial charge in [0.25, 0.3) is 0 Å². The highest BCUT2D eigenvalue weighted by Crippen LogP contribution is 2.39. The molecule has 1 aromatic carbocycles. The standard InChI is InChI=1S/C24H28FN7O2/c1-3-27-24(33)32-23-30-17-11-16(20(25)19(21(17)31-23)18-8-6-10-34-18)15-12-28-22(29-13-15)14(2)7-4-5-9-26/h11-14,18H,3-8,10H2,1-2H3,(H3,27,30,31,32,33)/t14?,18-/m1/s1. The monoisotopic (exact) mass is 465 g/mol. The average molecular weight is 466 g/mol. The number of carbonyl (C=O) groups is 1. The highest BCUT2D eigenvalue weighted by Gasteiger charge is 2.28. The molecule has 1 saturated heterocycles. The number of aromatic amines is 1. The first kappa shape index (κ1) is 23.6. The topological polar surface area (TPSA) is 129 Å². The first-order valence-electron chi connectivity index (χ1n) is 11.6. The summed E-state index contributed by atoms with van der Waals surface area (Å²) in [6.45, 7) is 4.86. The smallest absolute Gasteiger partial charge is 0.321 e. The molecular formula is C24H28FN7O2. The second-order valence-electron chi connectivity index (χ2n) is 8.40. The number of halogens is 1. The summed E-state index contributed by atoms with van der Waals surface area (Å²) in [5, 5.41) is 14.0. The first-order chi connectivity index (χ1) is 16.5. The lowest BCUT2D eigenvalue weighted by Crippen LogP contribution is -2.28. The number of nitrogens with zero attached hydrogens (tertiary/aromatic N) is 4. The summed E-state index contributed by atoms with van der Waals surface area (Å²) in [4.78, 5) is 28.4. The molecule has 0 saturated carbocycles. The number of unbranched alkanes of at least 4 members (excludes halogenated alkanes) is 1. The predicted molar refractivity (Wildman–Crippen MR) is 126 cm³/mol. The minimum absolute atomic E-state index is 0.104. The van der Waals surface area contributed by atoms with E-state index in [4.69, 9.17) is 10.00 Å². The number of benzene rings is 1. The molecule has 1 aliphatic heterocycles. The van der Waals surface area contributed by atoms with Gasteiger partial charge >= 0.3 is 6.03 Å². The number of nitriles is 1. The van der Waals surface area contributed by atoms with Crippen LogP contribution in [0.4, 0.5) is 15.1 Å². The van der Waals surface area contributed by atoms with Crippen molar-refractivity contribution in [3.05, 3.63) is 35.7 Å². The second-order valence-corrected chi connectivity index (χ2v) is 8.40. The molecule has 0 aliphatic carbocycles. The Labute approximate surface area is 197 Å². The van der Waals surface area contributed by atoms with Crippen molar-refractivity contribution in [1.29, 1.82) is 5.26 Å². The molecule has 34 heavy (non-hydrogen) atoms. The van der Waals surface area contributed by atoms with Crippen LogP contribution in [0.15, 0.2) is 18.5 Å². The summed E-state index contributed by atoms with van der Waals surface area (Å²) in [5.41, 5.74) is 2.28. The number of fused-ring (bicyclic) bond motifs is 1. The normalized spacial score (nSPS) is 16.4. The van der Waals surface area contributed by atoms with Crippen molar-refractivity contribution in [2.24, 2.45) is 0 Å². The number of H-pyrrole nitrogens is 1. The lowest BCUT2D eigenvalue weighted by Gasteiger charge is -2.15. The van der Waals surface area contributed by atoms with Crippen molar-refractivity contribution in [1.82, 2.24) is 25.3 Å². The van der Waals surface area contributed by atoms with Crippen LogP contribution in [-0.4, -0.2) is 39.1 Å². The summed E-state index contributed by atoms with van der Waals surface area (Å²) in [6, 6.07) is 3.41. The van der Waals surface area contributed by atoms with Gasteiger partial charge in [0.05, 0.1) is 23.2 Å². The van der Waals surface area contributed by atoms with Gasteiger partial charge in [-0.3, -0.25) is 5.32 Å². The quantitative estimate of drug-likeness (QED) is 0.404. The van der Waals surface area contributed by atoms with Crippen LogP contribution in [0.3, 0.4) is 0 Å². The Morgan fingerprint density at radius 1 is 1.41 bits per heavy atom. The van der Waals surface area contributed by atoms with E-state index in [9.17, 15) is 4.79 Å². The molecule has 0 bridgehead atoms. The molecule has 10 heteroatoms. The Kier molecular flexibility index (Phi) is 7.33. The second kappa shape index (κ2) is 10.6. The summed E-state index contributed by atoms with van der Waals surface area (Å²) < 4.78 is 21.7. The van der Waals surface area contributed by atoms with Crippen molar-refractivity contribution < 1.29 is 13.9 Å². The molecule has 2 aromatic heterocycles. The molecule has 0 radical (unpaired) electrons. The maximum atomic E-state index is 15.9. The Morgan fingerprint density at radius 2 is 2.21 bits per heavy atom. The van der Waals surface area contributed by atoms with Crippen LogP contribution in [0.25, 0.3) is 22.2 Å². The van der Waals surface area contributed by atoms with E-state index in [1.165, 1.54) is 0 Å². The van der Waals surface area contributed by atoms with Gasteiger partial charge in [0.2, 0.25) is 5.95 Å². The highest BCUT2D eigenvalue weighted by molar-refractivity contribution is 5.92. The number of hydrogen-bond donors (Lipinski definition) is 3. The number of carbonyl (C=O) groups excluding carboxylic acids is 1. The number of aromatic nitrogens is 4. The molecule has 3 N–H and O–H groups in total. The largest absolute Gasteiger partial charge is 0.373 e. The van der Waals surface area contributed by atoms with Crippen LogP contribution in [0.5, 0.6) is 0 Å². The molecular weight excluding hydrogens is 437 g/mol. The van der Waals surface area contributed by atoms with Crippen LogP contribution in [-0.2, 0) is 4.74 Å². The van der Waals surface area contributed by atoms with Crippen molar-refractivity contribution >= 4 is 23.0 Å². The fourth-order valence-electron chi connectivity index (χ4n) is 4.18. The van der Waals surface area contributed by atoms with Gasteiger partial charge in [0.15, 0.2) is 0 Å². The number of hydrogen-bond acceptors (Lipinski definition) is 6. The molecule has 1 fully saturated rings. The van der Waals surface area contributed by atoms with Gasteiger partial charge in [0.1, 0.15) is 11.6 Å². The summed E-state index contributed by atoms with van der Waals surface area (Å²) >= 11 is 0. The van der Waals surface area contributed by atoms with Crippen LogP contribution in [0.2, 0.25) is 0 Å². The lowest BCUT2D eigenvalue weighted by atomic mass is 9.97. The van der Waals surface area contributed by atoms with Gasteiger partial charge in [-0.2, -0.15) is 5.26 Å². The van der Waals surface area contributed by atoms with E-state index in [1.54, 1.807) is 18.5 Å². The Morgan fingerprint density at radius 3 is 2.88 bits per heavy atom. The minimum Gasteiger partial charge on any atom is -0.373 e. The predicted octanol–water partition coefficient (Wildman–Crippen LogP) is 4.95. The zero-order valence-electron chi connectivity index (χ0n) is 19.3. The fraction of sp³-hybridized carbons (Fsp3) is 0.458. The van der Waals surface area contributed by atoms with Gasteiger partial charge in [-0.05, 0) is 38.7 Å². The zero-order chi connectivity index (χ0) is 24.1. The number of rotatable bonds is 8. The molecule has 178 valence electrons. The third kappa shape index (κ3) is 4.99. The number of imidazole rings is 1. The minimum atomic E-state index is -0.422. The summed E-state index contributed by atoms with van der Waals surface area (Å²) in [7, 11) is 0. The summed E-state index contributed by atoms with van der Waals surface area (Å²) in [6.07, 6.45) is 6.46.